The number of aliphatic hydroxyl groups excluding tert-OH is 1. The largest absolute Gasteiger partial charge is 0.396 e. The molecule has 1 aromatic rings. The Kier molecular flexibility index (Phi) is 5.11. The summed E-state index contributed by atoms with van der Waals surface area (Å²) in [4.78, 5) is 15.1. The van der Waals surface area contributed by atoms with Crippen LogP contribution in [0.1, 0.15) is 43.7 Å². The smallest absolute Gasteiger partial charge is 0.224 e. The minimum Gasteiger partial charge on any atom is -0.396 e. The number of aliphatic hydroxyl groups is 1. The number of carbonyl (C=O) groups is 1. The molecule has 0 unspecified atom stereocenters. The van der Waals surface area contributed by atoms with E-state index in [1.54, 1.807) is 0 Å². The summed E-state index contributed by atoms with van der Waals surface area (Å²) in [5, 5.41) is 11.9. The van der Waals surface area contributed by atoms with Crippen molar-refractivity contribution in [2.75, 3.05) is 19.7 Å². The lowest BCUT2D eigenvalue weighted by molar-refractivity contribution is -0.125. The summed E-state index contributed by atoms with van der Waals surface area (Å²) in [6.07, 6.45) is 4.87. The van der Waals surface area contributed by atoms with Gasteiger partial charge in [0.1, 0.15) is 0 Å². The van der Waals surface area contributed by atoms with Gasteiger partial charge in [-0.15, -0.1) is 0 Å². The quantitative estimate of drug-likeness (QED) is 0.791. The third-order valence-electron chi connectivity index (χ3n) is 5.09. The average molecular weight is 302 g/mol. The lowest BCUT2D eigenvalue weighted by atomic mass is 9.93. The van der Waals surface area contributed by atoms with Crippen LogP contribution in [0.25, 0.3) is 0 Å². The maximum atomic E-state index is 12.5. The molecule has 120 valence electrons. The highest BCUT2D eigenvalue weighted by Crippen LogP contribution is 2.44. The molecular formula is C18H26N2O2. The summed E-state index contributed by atoms with van der Waals surface area (Å²) in [7, 11) is 0. The van der Waals surface area contributed by atoms with E-state index in [2.05, 4.69) is 34.5 Å². The minimum absolute atomic E-state index is 0.113. The van der Waals surface area contributed by atoms with Crippen molar-refractivity contribution in [1.29, 1.82) is 0 Å². The minimum atomic E-state index is 0.113. The Hall–Kier alpha value is -1.39. The number of rotatable bonds is 6. The van der Waals surface area contributed by atoms with Gasteiger partial charge in [-0.3, -0.25) is 9.69 Å². The number of nitrogens with zero attached hydrogens (tertiary/aromatic N) is 1. The highest BCUT2D eigenvalue weighted by molar-refractivity contribution is 5.80. The zero-order chi connectivity index (χ0) is 15.4. The number of unbranched alkanes of at least 4 members (excludes halogenated alkanes) is 1. The van der Waals surface area contributed by atoms with Gasteiger partial charge in [0, 0.05) is 25.2 Å². The summed E-state index contributed by atoms with van der Waals surface area (Å²) >= 11 is 0. The number of fused-ring (bicyclic) bond motifs is 1. The predicted octanol–water partition coefficient (Wildman–Crippen LogP) is 2.10. The van der Waals surface area contributed by atoms with Gasteiger partial charge in [0.25, 0.3) is 0 Å². The molecule has 3 rings (SSSR count). The van der Waals surface area contributed by atoms with Gasteiger partial charge >= 0.3 is 0 Å². The molecule has 0 saturated carbocycles. The molecule has 1 amide bonds. The zero-order valence-electron chi connectivity index (χ0n) is 13.1. The number of nitrogens with one attached hydrogen (secondary N) is 1. The second-order valence-corrected chi connectivity index (χ2v) is 6.44. The van der Waals surface area contributed by atoms with Crippen molar-refractivity contribution in [3.63, 3.8) is 0 Å². The molecule has 4 nitrogen and oxygen atoms in total. The molecule has 0 aliphatic carbocycles. The van der Waals surface area contributed by atoms with Crippen molar-refractivity contribution in [3.8, 4) is 0 Å². The fourth-order valence-corrected chi connectivity index (χ4v) is 4.03. The van der Waals surface area contributed by atoms with Gasteiger partial charge in [-0.05, 0) is 44.2 Å². The Morgan fingerprint density at radius 2 is 2.09 bits per heavy atom. The van der Waals surface area contributed by atoms with Crippen molar-refractivity contribution in [2.24, 2.45) is 5.92 Å². The molecule has 2 saturated heterocycles. The van der Waals surface area contributed by atoms with Crippen LogP contribution in [0, 0.1) is 5.92 Å². The molecule has 4 heteroatoms. The zero-order valence-corrected chi connectivity index (χ0v) is 13.1. The summed E-state index contributed by atoms with van der Waals surface area (Å²) in [6.45, 7) is 1.99. The molecule has 22 heavy (non-hydrogen) atoms. The molecule has 0 spiro atoms. The maximum absolute atomic E-state index is 12.5. The third kappa shape index (κ3) is 3.18. The standard InChI is InChI=1S/C18H26N2O2/c21-12-5-4-10-19-18(22)15-13-17(14-7-2-1-3-8-14)20-11-6-9-16(15)20/h1-3,7-8,15-17,21H,4-6,9-13H2,(H,19,22)/t15-,16+,17-/m0/s1. The SMILES string of the molecule is O=C(NCCCCO)[C@H]1C[C@@H](c2ccccc2)N2CCC[C@H]12. The maximum Gasteiger partial charge on any atom is 0.224 e. The first kappa shape index (κ1) is 15.5. The number of carbonyl (C=O) groups excluding carboxylic acids is 1. The van der Waals surface area contributed by atoms with E-state index in [9.17, 15) is 4.79 Å². The summed E-state index contributed by atoms with van der Waals surface area (Å²) < 4.78 is 0. The van der Waals surface area contributed by atoms with Crippen LogP contribution in [0.2, 0.25) is 0 Å². The fourth-order valence-electron chi connectivity index (χ4n) is 4.03. The molecule has 0 radical (unpaired) electrons. The van der Waals surface area contributed by atoms with Gasteiger partial charge in [0.05, 0.1) is 5.92 Å². The molecule has 2 N–H and O–H groups in total. The first-order chi connectivity index (χ1) is 10.8. The van der Waals surface area contributed by atoms with Crippen LogP contribution in [0.5, 0.6) is 0 Å². The van der Waals surface area contributed by atoms with Crippen LogP contribution in [0.3, 0.4) is 0 Å². The van der Waals surface area contributed by atoms with Crippen molar-refractivity contribution in [1.82, 2.24) is 10.2 Å². The van der Waals surface area contributed by atoms with E-state index >= 15 is 0 Å². The van der Waals surface area contributed by atoms with Gasteiger partial charge in [0.2, 0.25) is 5.91 Å². The summed E-state index contributed by atoms with van der Waals surface area (Å²) in [5.74, 6) is 0.315. The lowest BCUT2D eigenvalue weighted by Crippen LogP contribution is -2.37. The molecule has 2 aliphatic rings. The van der Waals surface area contributed by atoms with Gasteiger partial charge in [-0.1, -0.05) is 30.3 Å². The van der Waals surface area contributed by atoms with Crippen LogP contribution in [-0.4, -0.2) is 41.7 Å². The fraction of sp³-hybridized carbons (Fsp3) is 0.611. The molecule has 2 heterocycles. The van der Waals surface area contributed by atoms with Gasteiger partial charge in [-0.2, -0.15) is 0 Å². The third-order valence-corrected chi connectivity index (χ3v) is 5.09. The Bertz CT molecular complexity index is 491. The highest BCUT2D eigenvalue weighted by atomic mass is 16.2. The Morgan fingerprint density at radius 1 is 1.27 bits per heavy atom. The van der Waals surface area contributed by atoms with E-state index in [0.29, 0.717) is 18.6 Å². The lowest BCUT2D eigenvalue weighted by Gasteiger charge is -2.24. The Labute approximate surface area is 132 Å². The molecule has 2 fully saturated rings. The van der Waals surface area contributed by atoms with Crippen molar-refractivity contribution in [3.05, 3.63) is 35.9 Å². The van der Waals surface area contributed by atoms with Crippen molar-refractivity contribution < 1.29 is 9.90 Å². The number of benzene rings is 1. The van der Waals surface area contributed by atoms with Crippen LogP contribution in [-0.2, 0) is 4.79 Å². The van der Waals surface area contributed by atoms with Crippen LogP contribution >= 0.6 is 0 Å². The van der Waals surface area contributed by atoms with Crippen molar-refractivity contribution in [2.45, 2.75) is 44.2 Å². The number of hydrogen-bond donors (Lipinski definition) is 2. The topological polar surface area (TPSA) is 52.6 Å². The molecule has 1 aromatic carbocycles. The number of amides is 1. The second-order valence-electron chi connectivity index (χ2n) is 6.44. The average Bonchev–Trinajstić information content (AvgIpc) is 3.14. The highest BCUT2D eigenvalue weighted by Gasteiger charge is 2.46. The van der Waals surface area contributed by atoms with E-state index < -0.39 is 0 Å². The van der Waals surface area contributed by atoms with Gasteiger partial charge in [0.15, 0.2) is 0 Å². The first-order valence-electron chi connectivity index (χ1n) is 8.50. The van der Waals surface area contributed by atoms with Gasteiger partial charge < -0.3 is 10.4 Å². The van der Waals surface area contributed by atoms with Crippen LogP contribution in [0.15, 0.2) is 30.3 Å². The Morgan fingerprint density at radius 3 is 2.86 bits per heavy atom. The molecule has 0 aromatic heterocycles. The Balaban J connectivity index is 1.64. The predicted molar refractivity (Wildman–Crippen MR) is 86.3 cm³/mol. The second kappa shape index (κ2) is 7.25. The van der Waals surface area contributed by atoms with E-state index in [1.807, 2.05) is 6.07 Å². The molecule has 0 bridgehead atoms. The monoisotopic (exact) mass is 302 g/mol. The van der Waals surface area contributed by atoms with Crippen LogP contribution in [0.4, 0.5) is 0 Å². The normalized spacial score (nSPS) is 27.8. The van der Waals surface area contributed by atoms with E-state index in [0.717, 1.165) is 32.2 Å². The van der Waals surface area contributed by atoms with Crippen molar-refractivity contribution >= 4 is 5.91 Å². The van der Waals surface area contributed by atoms with Gasteiger partial charge in [-0.25, -0.2) is 0 Å². The summed E-state index contributed by atoms with van der Waals surface area (Å²) in [5.41, 5.74) is 1.34. The van der Waals surface area contributed by atoms with E-state index in [1.165, 1.54) is 12.0 Å². The first-order valence-corrected chi connectivity index (χ1v) is 8.50. The van der Waals surface area contributed by atoms with Crippen LogP contribution < -0.4 is 5.32 Å². The summed E-state index contributed by atoms with van der Waals surface area (Å²) in [6, 6.07) is 11.4. The number of hydrogen-bond acceptors (Lipinski definition) is 3. The molecule has 3 atom stereocenters. The van der Waals surface area contributed by atoms with E-state index in [-0.39, 0.29) is 18.4 Å². The molecular weight excluding hydrogens is 276 g/mol. The van der Waals surface area contributed by atoms with E-state index in [4.69, 9.17) is 5.11 Å². The molecule has 2 aliphatic heterocycles.